The van der Waals surface area contributed by atoms with Crippen molar-refractivity contribution < 1.29 is 34.3 Å². The van der Waals surface area contributed by atoms with Crippen LogP contribution in [0.15, 0.2) is 0 Å². The van der Waals surface area contributed by atoms with Gasteiger partial charge in [-0.05, 0) is 126 Å². The number of carbonyl (C=O) groups is 1. The first-order valence-corrected chi connectivity index (χ1v) is 19.0. The molecular weight excluding hydrogens is 592 g/mol. The Morgan fingerprint density at radius 1 is 0.723 bits per heavy atom. The Hall–Kier alpha value is -0.730. The van der Waals surface area contributed by atoms with Crippen molar-refractivity contribution in [3.05, 3.63) is 0 Å². The number of ether oxygens (including phenoxy) is 3. The van der Waals surface area contributed by atoms with Crippen molar-refractivity contribution in [2.75, 3.05) is 6.61 Å². The van der Waals surface area contributed by atoms with Gasteiger partial charge in [0.2, 0.25) is 0 Å². The van der Waals surface area contributed by atoms with E-state index in [1.807, 2.05) is 0 Å². The van der Waals surface area contributed by atoms with Crippen LogP contribution >= 0.6 is 0 Å². The Bertz CT molecular complexity index is 1230. The van der Waals surface area contributed by atoms with E-state index in [-0.39, 0.29) is 33.2 Å². The van der Waals surface area contributed by atoms with Gasteiger partial charge < -0.3 is 29.5 Å². The van der Waals surface area contributed by atoms with Crippen LogP contribution < -0.4 is 0 Å². The molecule has 0 aromatic heterocycles. The Labute approximate surface area is 285 Å². The van der Waals surface area contributed by atoms with E-state index < -0.39 is 43.3 Å². The van der Waals surface area contributed by atoms with E-state index in [1.54, 1.807) is 0 Å². The fourth-order valence-electron chi connectivity index (χ4n) is 13.9. The highest BCUT2D eigenvalue weighted by atomic mass is 16.7. The third kappa shape index (κ3) is 4.70. The predicted molar refractivity (Wildman–Crippen MR) is 182 cm³/mol. The molecule has 7 heteroatoms. The third-order valence-corrected chi connectivity index (χ3v) is 18.1. The third-order valence-electron chi connectivity index (χ3n) is 18.1. The SMILES string of the molecule is CC(=O)O[C@H]1C(O[C@H]2CC[C@]3(C)[C@@]4(C)CCC5C6CC(C)(C)CC[C@]6(C)CC[C@@]5(C)[C@]4(C)CC[C@@]3(C)C2(C)C)O[C@H](CO)[C@@H](O)[C@@H]1O. The number of hydrogen-bond acceptors (Lipinski definition) is 7. The minimum atomic E-state index is -1.42. The lowest BCUT2D eigenvalue weighted by Crippen LogP contribution is -2.74. The molecule has 6 rings (SSSR count). The molecule has 3 unspecified atom stereocenters. The van der Waals surface area contributed by atoms with Gasteiger partial charge in [0.25, 0.3) is 0 Å². The molecule has 0 aromatic rings. The number of rotatable bonds is 4. The molecule has 3 N–H and O–H groups in total. The number of fused-ring (bicyclic) bond motifs is 7. The van der Waals surface area contributed by atoms with Gasteiger partial charge in [0, 0.05) is 6.92 Å². The monoisotopic (exact) mass is 660 g/mol. The molecule has 0 aromatic carbocycles. The molecule has 1 saturated heterocycles. The van der Waals surface area contributed by atoms with Gasteiger partial charge in [0.15, 0.2) is 12.4 Å². The van der Waals surface area contributed by atoms with Crippen LogP contribution in [0.5, 0.6) is 0 Å². The zero-order chi connectivity index (χ0) is 34.8. The predicted octanol–water partition coefficient (Wildman–Crippen LogP) is 7.42. The summed E-state index contributed by atoms with van der Waals surface area (Å²) < 4.78 is 18.3. The summed E-state index contributed by atoms with van der Waals surface area (Å²) in [5.41, 5.74) is 1.38. The Kier molecular flexibility index (Phi) is 8.55. The minimum Gasteiger partial charge on any atom is -0.454 e. The number of esters is 1. The van der Waals surface area contributed by atoms with Gasteiger partial charge in [-0.1, -0.05) is 69.2 Å². The van der Waals surface area contributed by atoms with Gasteiger partial charge in [-0.2, -0.15) is 0 Å². The molecule has 0 amide bonds. The summed E-state index contributed by atoms with van der Waals surface area (Å²) in [6.45, 7) is 26.4. The van der Waals surface area contributed by atoms with E-state index in [4.69, 9.17) is 14.2 Å². The number of aliphatic hydroxyl groups is 3. The summed E-state index contributed by atoms with van der Waals surface area (Å²) in [5, 5.41) is 31.4. The maximum absolute atomic E-state index is 12.0. The van der Waals surface area contributed by atoms with E-state index in [2.05, 4.69) is 69.2 Å². The lowest BCUT2D eigenvalue weighted by atomic mass is 9.24. The molecule has 14 atom stereocenters. The van der Waals surface area contributed by atoms with Gasteiger partial charge in [-0.3, -0.25) is 4.79 Å². The highest BCUT2D eigenvalue weighted by Gasteiger charge is 2.77. The van der Waals surface area contributed by atoms with Crippen LogP contribution in [0.25, 0.3) is 0 Å². The molecule has 270 valence electrons. The normalized spacial score (nSPS) is 55.1. The van der Waals surface area contributed by atoms with Crippen LogP contribution in [-0.4, -0.2) is 64.7 Å². The van der Waals surface area contributed by atoms with Gasteiger partial charge in [0.1, 0.15) is 18.3 Å². The number of hydrogen-bond donors (Lipinski definition) is 3. The topological polar surface area (TPSA) is 105 Å². The van der Waals surface area contributed by atoms with Crippen LogP contribution in [-0.2, 0) is 19.0 Å². The molecule has 1 aliphatic heterocycles. The Balaban J connectivity index is 1.31. The average Bonchev–Trinajstić information content (AvgIpc) is 2.98. The molecular formula is C40H68O7. The molecule has 0 radical (unpaired) electrons. The van der Waals surface area contributed by atoms with Crippen LogP contribution in [0, 0.1) is 55.2 Å². The summed E-state index contributed by atoms with van der Waals surface area (Å²) in [5.74, 6) is 1.01. The van der Waals surface area contributed by atoms with Crippen LogP contribution in [0.2, 0.25) is 0 Å². The van der Waals surface area contributed by atoms with Gasteiger partial charge >= 0.3 is 5.97 Å². The molecule has 6 fully saturated rings. The summed E-state index contributed by atoms with van der Waals surface area (Å²) in [4.78, 5) is 12.0. The summed E-state index contributed by atoms with van der Waals surface area (Å²) >= 11 is 0. The van der Waals surface area contributed by atoms with E-state index in [1.165, 1.54) is 58.3 Å². The van der Waals surface area contributed by atoms with Crippen molar-refractivity contribution in [2.45, 2.75) is 184 Å². The average molecular weight is 661 g/mol. The summed E-state index contributed by atoms with van der Waals surface area (Å²) in [7, 11) is 0. The highest BCUT2D eigenvalue weighted by molar-refractivity contribution is 5.66. The van der Waals surface area contributed by atoms with Crippen molar-refractivity contribution in [2.24, 2.45) is 55.2 Å². The zero-order valence-electron chi connectivity index (χ0n) is 31.6. The second-order valence-electron chi connectivity index (χ2n) is 20.2. The van der Waals surface area contributed by atoms with E-state index >= 15 is 0 Å². The van der Waals surface area contributed by atoms with Gasteiger partial charge in [0.05, 0.1) is 12.7 Å². The fraction of sp³-hybridized carbons (Fsp3) is 0.975. The van der Waals surface area contributed by atoms with Crippen molar-refractivity contribution in [3.8, 4) is 0 Å². The minimum absolute atomic E-state index is 0.0451. The van der Waals surface area contributed by atoms with Crippen molar-refractivity contribution in [1.29, 1.82) is 0 Å². The van der Waals surface area contributed by atoms with Crippen molar-refractivity contribution in [3.63, 3.8) is 0 Å². The molecule has 0 bridgehead atoms. The largest absolute Gasteiger partial charge is 0.454 e. The van der Waals surface area contributed by atoms with Crippen molar-refractivity contribution in [1.82, 2.24) is 0 Å². The fourth-order valence-corrected chi connectivity index (χ4v) is 13.9. The van der Waals surface area contributed by atoms with Gasteiger partial charge in [-0.25, -0.2) is 0 Å². The number of aliphatic hydroxyl groups excluding tert-OH is 3. The van der Waals surface area contributed by atoms with E-state index in [0.29, 0.717) is 16.2 Å². The molecule has 1 heterocycles. The second kappa shape index (κ2) is 11.1. The Morgan fingerprint density at radius 2 is 1.32 bits per heavy atom. The molecule has 5 saturated carbocycles. The molecule has 47 heavy (non-hydrogen) atoms. The first-order chi connectivity index (χ1) is 21.6. The zero-order valence-corrected chi connectivity index (χ0v) is 31.6. The number of carbonyl (C=O) groups excluding carboxylic acids is 1. The first kappa shape index (κ1) is 36.1. The van der Waals surface area contributed by atoms with Gasteiger partial charge in [-0.15, -0.1) is 0 Å². The summed E-state index contributed by atoms with van der Waals surface area (Å²) in [6.07, 6.45) is 7.31. The molecule has 5 aliphatic carbocycles. The van der Waals surface area contributed by atoms with E-state index in [0.717, 1.165) is 31.1 Å². The molecule has 6 aliphatic rings. The smallest absolute Gasteiger partial charge is 0.303 e. The first-order valence-electron chi connectivity index (χ1n) is 19.0. The molecule has 7 nitrogen and oxygen atoms in total. The second-order valence-corrected chi connectivity index (χ2v) is 20.2. The highest BCUT2D eigenvalue weighted by Crippen LogP contribution is 2.83. The van der Waals surface area contributed by atoms with Crippen LogP contribution in [0.1, 0.15) is 147 Å². The maximum atomic E-state index is 12.0. The molecule has 0 spiro atoms. The lowest BCUT2D eigenvalue weighted by molar-refractivity contribution is -0.356. The Morgan fingerprint density at radius 3 is 1.96 bits per heavy atom. The quantitative estimate of drug-likeness (QED) is 0.213. The lowest BCUT2D eigenvalue weighted by Gasteiger charge is -2.80. The van der Waals surface area contributed by atoms with Crippen LogP contribution in [0.3, 0.4) is 0 Å². The standard InChI is InChI=1S/C40H68O7/c1-24(42)45-31-30(44)29(43)27(23-41)46-32(31)47-28-13-15-39(10)37(8,34(28,4)5)20-21-38(9)36(7)19-18-35(6)17-16-33(2,3)22-26(35)25(36)12-14-40(38,39)11/h25-32,41,43-44H,12-23H2,1-11H3/t25?,26?,27-,28+,29-,30+,31-,32?,35-,36-,37+,38+,39+,40+/m1/s1. The maximum Gasteiger partial charge on any atom is 0.303 e. The van der Waals surface area contributed by atoms with E-state index in [9.17, 15) is 20.1 Å². The summed E-state index contributed by atoms with van der Waals surface area (Å²) in [6, 6.07) is 0. The van der Waals surface area contributed by atoms with Crippen molar-refractivity contribution >= 4 is 5.97 Å². The van der Waals surface area contributed by atoms with Crippen LogP contribution in [0.4, 0.5) is 0 Å².